The highest BCUT2D eigenvalue weighted by molar-refractivity contribution is 6.07. The molecule has 3 rings (SSSR count). The lowest BCUT2D eigenvalue weighted by molar-refractivity contribution is -0.138. The van der Waals surface area contributed by atoms with Crippen LogP contribution in [0.25, 0.3) is 0 Å². The zero-order valence-electron chi connectivity index (χ0n) is 22.6. The van der Waals surface area contributed by atoms with Gasteiger partial charge in [0.15, 0.2) is 11.9 Å². The largest absolute Gasteiger partial charge is 0.416 e. The minimum Gasteiger partial charge on any atom is -0.370 e. The molecule has 2 aromatic carbocycles. The van der Waals surface area contributed by atoms with Crippen LogP contribution < -0.4 is 32.7 Å². The third kappa shape index (κ3) is 9.30. The van der Waals surface area contributed by atoms with Gasteiger partial charge < -0.3 is 32.7 Å². The molecule has 2 amide bonds. The van der Waals surface area contributed by atoms with Crippen LogP contribution in [-0.4, -0.2) is 46.8 Å². The number of amides is 2. The maximum absolute atomic E-state index is 13.3. The molecule has 0 aliphatic carbocycles. The van der Waals surface area contributed by atoms with E-state index in [9.17, 15) is 35.9 Å². The topological polar surface area (TPSA) is 208 Å². The Morgan fingerprint density at radius 2 is 1.07 bits per heavy atom. The summed E-state index contributed by atoms with van der Waals surface area (Å²) in [5.74, 6) is -2.73. The summed E-state index contributed by atoms with van der Waals surface area (Å²) >= 11 is 0. The Bertz CT molecular complexity index is 1450. The highest BCUT2D eigenvalue weighted by atomic mass is 19.4. The van der Waals surface area contributed by atoms with E-state index in [2.05, 4.69) is 31.2 Å². The van der Waals surface area contributed by atoms with Crippen molar-refractivity contribution in [3.05, 3.63) is 82.4 Å². The number of hydrogen-bond donors (Lipinski definition) is 8. The van der Waals surface area contributed by atoms with Gasteiger partial charge in [0.1, 0.15) is 17.7 Å². The van der Waals surface area contributed by atoms with Crippen LogP contribution in [0.4, 0.5) is 37.7 Å². The molecule has 0 bridgehead atoms. The van der Waals surface area contributed by atoms with Gasteiger partial charge in [-0.3, -0.25) is 20.4 Å². The van der Waals surface area contributed by atoms with E-state index in [1.165, 1.54) is 0 Å². The minimum atomic E-state index is -4.72. The maximum atomic E-state index is 13.3. The van der Waals surface area contributed by atoms with Gasteiger partial charge in [-0.2, -0.15) is 26.3 Å². The number of halogens is 6. The number of alkyl halides is 6. The summed E-state index contributed by atoms with van der Waals surface area (Å²) in [4.78, 5) is 33.5. The third-order valence-corrected chi connectivity index (χ3v) is 5.92. The Morgan fingerprint density at radius 3 is 1.41 bits per heavy atom. The molecule has 18 heteroatoms. The summed E-state index contributed by atoms with van der Waals surface area (Å²) in [5.41, 5.74) is 7.62. The van der Waals surface area contributed by atoms with Gasteiger partial charge in [-0.25, -0.2) is 9.97 Å². The lowest BCUT2D eigenvalue weighted by Gasteiger charge is -2.16. The number of carbonyl (C=O) groups excluding carboxylic acids is 2. The summed E-state index contributed by atoms with van der Waals surface area (Å²) in [6.45, 7) is 0.146. The quantitative estimate of drug-likeness (QED) is 0.0953. The summed E-state index contributed by atoms with van der Waals surface area (Å²) in [5, 5.41) is 24.1. The Kier molecular flexibility index (Phi) is 10.3. The van der Waals surface area contributed by atoms with E-state index in [0.717, 1.165) is 36.7 Å². The van der Waals surface area contributed by atoms with Crippen LogP contribution in [0.15, 0.2) is 48.8 Å². The van der Waals surface area contributed by atoms with Crippen molar-refractivity contribution in [3.8, 4) is 0 Å². The summed E-state index contributed by atoms with van der Waals surface area (Å²) in [6.07, 6.45) is -8.46. The van der Waals surface area contributed by atoms with Crippen LogP contribution in [0.1, 0.15) is 43.2 Å². The number of nitrogens with zero attached hydrogens (tertiary/aromatic N) is 2. The van der Waals surface area contributed by atoms with Crippen molar-refractivity contribution in [1.82, 2.24) is 20.6 Å². The SMILES string of the molecule is N=C(N)NCCc1ccc(C(F)(F)F)cc1NC(=O)c1cc(C(=O)Nc2cc(C(F)(F)F)ccc2CCNC(=N)N)ncn1. The molecule has 1 aromatic heterocycles. The highest BCUT2D eigenvalue weighted by Gasteiger charge is 2.32. The van der Waals surface area contributed by atoms with E-state index in [0.29, 0.717) is 12.1 Å². The van der Waals surface area contributed by atoms with Crippen LogP contribution in [0.5, 0.6) is 0 Å². The van der Waals surface area contributed by atoms with E-state index in [1.54, 1.807) is 0 Å². The summed E-state index contributed by atoms with van der Waals surface area (Å²) in [6, 6.07) is 6.29. The maximum Gasteiger partial charge on any atom is 0.416 e. The molecule has 3 aromatic rings. The second-order valence-electron chi connectivity index (χ2n) is 9.12. The van der Waals surface area contributed by atoms with E-state index in [4.69, 9.17) is 22.3 Å². The molecule has 0 atom stereocenters. The fourth-order valence-electron chi connectivity index (χ4n) is 3.82. The first-order chi connectivity index (χ1) is 20.5. The molecule has 44 heavy (non-hydrogen) atoms. The molecule has 0 radical (unpaired) electrons. The van der Waals surface area contributed by atoms with Gasteiger partial charge in [-0.15, -0.1) is 0 Å². The third-order valence-electron chi connectivity index (χ3n) is 5.92. The first kappa shape index (κ1) is 33.1. The minimum absolute atomic E-state index is 0.0732. The molecule has 12 nitrogen and oxygen atoms in total. The molecule has 0 saturated carbocycles. The standard InChI is InChI=1S/C26H26F6N10O2/c27-25(28,29)15-3-1-13(5-7-37-23(33)34)17(9-15)41-21(43)19-11-20(40-12-39-19)22(44)42-18-10-16(26(30,31)32)4-2-14(18)6-8-38-24(35)36/h1-4,9-12H,5-8H2,(H,41,43)(H,42,44)(H4,33,34,37)(H4,35,36,38). The van der Waals surface area contributed by atoms with Crippen molar-refractivity contribution in [3.63, 3.8) is 0 Å². The van der Waals surface area contributed by atoms with Crippen molar-refractivity contribution < 1.29 is 35.9 Å². The van der Waals surface area contributed by atoms with Crippen molar-refractivity contribution in [2.24, 2.45) is 11.5 Å². The molecule has 0 unspecified atom stereocenters. The van der Waals surface area contributed by atoms with Crippen LogP contribution in [0.2, 0.25) is 0 Å². The van der Waals surface area contributed by atoms with E-state index in [-0.39, 0.29) is 60.4 Å². The first-order valence-electron chi connectivity index (χ1n) is 12.6. The predicted octanol–water partition coefficient (Wildman–Crippen LogP) is 3.07. The number of nitrogens with two attached hydrogens (primary N) is 2. The second-order valence-corrected chi connectivity index (χ2v) is 9.12. The van der Waals surface area contributed by atoms with Crippen LogP contribution in [0.3, 0.4) is 0 Å². The van der Waals surface area contributed by atoms with Gasteiger partial charge >= 0.3 is 12.4 Å². The van der Waals surface area contributed by atoms with Gasteiger partial charge in [-0.05, 0) is 48.2 Å². The smallest absolute Gasteiger partial charge is 0.370 e. The van der Waals surface area contributed by atoms with E-state index in [1.807, 2.05) is 0 Å². The molecule has 234 valence electrons. The highest BCUT2D eigenvalue weighted by Crippen LogP contribution is 2.34. The van der Waals surface area contributed by atoms with Gasteiger partial charge in [-0.1, -0.05) is 12.1 Å². The van der Waals surface area contributed by atoms with Crippen molar-refractivity contribution >= 4 is 35.1 Å². The number of aromatic nitrogens is 2. The van der Waals surface area contributed by atoms with Crippen molar-refractivity contribution in [1.29, 1.82) is 10.8 Å². The van der Waals surface area contributed by atoms with E-state index < -0.39 is 46.7 Å². The molecule has 0 spiro atoms. The zero-order chi connectivity index (χ0) is 32.7. The van der Waals surface area contributed by atoms with Crippen LogP contribution in [-0.2, 0) is 25.2 Å². The lowest BCUT2D eigenvalue weighted by atomic mass is 10.0. The zero-order valence-corrected chi connectivity index (χ0v) is 22.6. The van der Waals surface area contributed by atoms with Gasteiger partial charge in [0, 0.05) is 30.5 Å². The van der Waals surface area contributed by atoms with Gasteiger partial charge in [0.25, 0.3) is 11.8 Å². The average molecular weight is 625 g/mol. The number of hydrogen-bond acceptors (Lipinski definition) is 6. The number of anilines is 2. The lowest BCUT2D eigenvalue weighted by Crippen LogP contribution is -2.32. The summed E-state index contributed by atoms with van der Waals surface area (Å²) in [7, 11) is 0. The molecule has 0 aliphatic rings. The van der Waals surface area contributed by atoms with Crippen molar-refractivity contribution in [2.75, 3.05) is 23.7 Å². The van der Waals surface area contributed by atoms with Crippen molar-refractivity contribution in [2.45, 2.75) is 25.2 Å². The first-order valence-corrected chi connectivity index (χ1v) is 12.6. The molecule has 0 fully saturated rings. The molecular weight excluding hydrogens is 598 g/mol. The predicted molar refractivity (Wildman–Crippen MR) is 148 cm³/mol. The Hall–Kier alpha value is -5.42. The molecule has 10 N–H and O–H groups in total. The summed E-state index contributed by atoms with van der Waals surface area (Å²) < 4.78 is 80.1. The Labute approximate surface area is 245 Å². The number of nitrogens with one attached hydrogen (secondary N) is 6. The number of guanidine groups is 2. The molecule has 0 aliphatic heterocycles. The Morgan fingerprint density at radius 1 is 0.682 bits per heavy atom. The molecule has 0 saturated heterocycles. The fourth-order valence-corrected chi connectivity index (χ4v) is 3.82. The van der Waals surface area contributed by atoms with E-state index >= 15 is 0 Å². The monoisotopic (exact) mass is 624 g/mol. The van der Waals surface area contributed by atoms with Crippen LogP contribution in [0, 0.1) is 10.8 Å². The number of rotatable bonds is 10. The average Bonchev–Trinajstić information content (AvgIpc) is 2.93. The molecule has 1 heterocycles. The van der Waals surface area contributed by atoms with Gasteiger partial charge in [0.05, 0.1) is 11.1 Å². The fraction of sp³-hybridized carbons (Fsp3) is 0.231. The number of benzene rings is 2. The molecular formula is C26H26F6N10O2. The number of carbonyl (C=O) groups is 2. The second kappa shape index (κ2) is 13.7. The van der Waals surface area contributed by atoms with Gasteiger partial charge in [0.2, 0.25) is 0 Å². The van der Waals surface area contributed by atoms with Crippen LogP contribution >= 0.6 is 0 Å². The normalized spacial score (nSPS) is 11.4. The Balaban J connectivity index is 1.86.